The van der Waals surface area contributed by atoms with E-state index in [9.17, 15) is 8.42 Å². The van der Waals surface area contributed by atoms with Crippen molar-refractivity contribution >= 4 is 38.3 Å². The third-order valence-corrected chi connectivity index (χ3v) is 4.58. The number of fused-ring (bicyclic) bond motifs is 1. The third kappa shape index (κ3) is 4.88. The van der Waals surface area contributed by atoms with E-state index in [0.717, 1.165) is 22.9 Å². The quantitative estimate of drug-likeness (QED) is 0.644. The highest BCUT2D eigenvalue weighted by molar-refractivity contribution is 7.88. The van der Waals surface area contributed by atoms with E-state index in [4.69, 9.17) is 16.7 Å². The molecule has 0 bridgehead atoms. The van der Waals surface area contributed by atoms with E-state index in [1.165, 1.54) is 0 Å². The lowest BCUT2D eigenvalue weighted by Crippen LogP contribution is -2.14. The fraction of sp³-hybridized carbons (Fsp3) is 0.176. The van der Waals surface area contributed by atoms with Crippen molar-refractivity contribution in [3.05, 3.63) is 64.9 Å². The zero-order chi connectivity index (χ0) is 17.9. The van der Waals surface area contributed by atoms with Crippen LogP contribution in [0.15, 0.2) is 48.5 Å². The number of primary sulfonamides is 1. The smallest absolute Gasteiger partial charge is 0.224 e. The van der Waals surface area contributed by atoms with Gasteiger partial charge in [0, 0.05) is 11.9 Å². The summed E-state index contributed by atoms with van der Waals surface area (Å²) in [6.45, 7) is 0.659. The van der Waals surface area contributed by atoms with Gasteiger partial charge in [0.25, 0.3) is 0 Å². The molecule has 25 heavy (non-hydrogen) atoms. The molecule has 0 radical (unpaired) electrons. The number of para-hydroxylation sites is 1. The molecule has 1 aromatic heterocycles. The van der Waals surface area contributed by atoms with E-state index < -0.39 is 10.0 Å². The van der Waals surface area contributed by atoms with Crippen LogP contribution in [-0.4, -0.2) is 24.9 Å². The largest absolute Gasteiger partial charge is 0.369 e. The van der Waals surface area contributed by atoms with E-state index >= 15 is 0 Å². The predicted molar refractivity (Wildman–Crippen MR) is 100.0 cm³/mol. The second-order valence-corrected chi connectivity index (χ2v) is 7.61. The number of sulfonamides is 1. The second-order valence-electron chi connectivity index (χ2n) is 5.66. The van der Waals surface area contributed by atoms with Crippen LogP contribution in [0, 0.1) is 0 Å². The monoisotopic (exact) mass is 376 g/mol. The first-order chi connectivity index (χ1) is 11.9. The summed E-state index contributed by atoms with van der Waals surface area (Å²) in [4.78, 5) is 8.45. The minimum absolute atomic E-state index is 0.156. The van der Waals surface area contributed by atoms with Gasteiger partial charge in [0.05, 0.1) is 11.3 Å². The molecule has 1 heterocycles. The summed E-state index contributed by atoms with van der Waals surface area (Å²) in [6, 6.07) is 15.0. The summed E-state index contributed by atoms with van der Waals surface area (Å²) in [7, 11) is -3.51. The first-order valence-electron chi connectivity index (χ1n) is 7.65. The van der Waals surface area contributed by atoms with Crippen LogP contribution >= 0.6 is 11.6 Å². The number of halogens is 1. The predicted octanol–water partition coefficient (Wildman–Crippen LogP) is 2.73. The number of benzene rings is 2. The average molecular weight is 377 g/mol. The molecule has 0 unspecified atom stereocenters. The van der Waals surface area contributed by atoms with Crippen LogP contribution in [0.1, 0.15) is 11.1 Å². The number of rotatable bonds is 6. The van der Waals surface area contributed by atoms with E-state index in [-0.39, 0.29) is 11.0 Å². The lowest BCUT2D eigenvalue weighted by molar-refractivity contribution is 0.597. The number of anilines is 1. The van der Waals surface area contributed by atoms with Gasteiger partial charge >= 0.3 is 0 Å². The molecule has 0 atom stereocenters. The van der Waals surface area contributed by atoms with Crippen molar-refractivity contribution in [2.45, 2.75) is 12.2 Å². The Morgan fingerprint density at radius 1 is 1.00 bits per heavy atom. The number of hydrogen-bond donors (Lipinski definition) is 2. The molecule has 6 nitrogen and oxygen atoms in total. The summed E-state index contributed by atoms with van der Waals surface area (Å²) >= 11 is 5.97. The third-order valence-electron chi connectivity index (χ3n) is 3.67. The van der Waals surface area contributed by atoms with Crippen molar-refractivity contribution in [1.82, 2.24) is 9.97 Å². The molecule has 0 aliphatic carbocycles. The van der Waals surface area contributed by atoms with Gasteiger partial charge in [-0.1, -0.05) is 36.4 Å². The summed E-state index contributed by atoms with van der Waals surface area (Å²) in [6.07, 6.45) is 0.756. The van der Waals surface area contributed by atoms with E-state index in [2.05, 4.69) is 15.3 Å². The van der Waals surface area contributed by atoms with Gasteiger partial charge in [-0.2, -0.15) is 0 Å². The Labute approximate surface area is 151 Å². The van der Waals surface area contributed by atoms with Crippen molar-refractivity contribution in [2.24, 2.45) is 5.14 Å². The van der Waals surface area contributed by atoms with Crippen LogP contribution in [0.2, 0.25) is 5.28 Å². The van der Waals surface area contributed by atoms with Crippen LogP contribution in [0.25, 0.3) is 10.9 Å². The van der Waals surface area contributed by atoms with E-state index in [1.807, 2.05) is 36.4 Å². The van der Waals surface area contributed by atoms with Crippen LogP contribution in [0.4, 0.5) is 5.82 Å². The second kappa shape index (κ2) is 7.35. The standard InChI is InChI=1S/C17H17ClN4O2S/c18-17-21-15-4-2-1-3-14(15)16(22-17)20-10-9-12-5-7-13(8-6-12)11-25(19,23)24/h1-8H,9-11H2,(H2,19,23,24)(H,20,21,22). The van der Waals surface area contributed by atoms with E-state index in [0.29, 0.717) is 17.9 Å². The summed E-state index contributed by atoms with van der Waals surface area (Å²) < 4.78 is 22.2. The van der Waals surface area contributed by atoms with Crippen molar-refractivity contribution in [3.8, 4) is 0 Å². The number of hydrogen-bond acceptors (Lipinski definition) is 5. The van der Waals surface area contributed by atoms with Gasteiger partial charge in [0.15, 0.2) is 0 Å². The Kier molecular flexibility index (Phi) is 5.17. The van der Waals surface area contributed by atoms with Gasteiger partial charge in [-0.25, -0.2) is 23.5 Å². The number of nitrogens with two attached hydrogens (primary N) is 1. The fourth-order valence-electron chi connectivity index (χ4n) is 2.54. The molecule has 0 saturated carbocycles. The van der Waals surface area contributed by atoms with Gasteiger partial charge in [0.2, 0.25) is 15.3 Å². The summed E-state index contributed by atoms with van der Waals surface area (Å²) in [5.74, 6) is 0.540. The molecule has 8 heteroatoms. The van der Waals surface area contributed by atoms with Crippen LogP contribution in [0.3, 0.4) is 0 Å². The summed E-state index contributed by atoms with van der Waals surface area (Å²) in [5.41, 5.74) is 2.54. The number of nitrogens with one attached hydrogen (secondary N) is 1. The van der Waals surface area contributed by atoms with Gasteiger partial charge < -0.3 is 5.32 Å². The van der Waals surface area contributed by atoms with Crippen LogP contribution < -0.4 is 10.5 Å². The summed E-state index contributed by atoms with van der Waals surface area (Å²) in [5, 5.41) is 9.44. The molecular weight excluding hydrogens is 360 g/mol. The highest BCUT2D eigenvalue weighted by atomic mass is 35.5. The van der Waals surface area contributed by atoms with E-state index in [1.54, 1.807) is 12.1 Å². The Bertz CT molecular complexity index is 991. The minimum Gasteiger partial charge on any atom is -0.369 e. The lowest BCUT2D eigenvalue weighted by atomic mass is 10.1. The molecule has 3 rings (SSSR count). The maximum absolute atomic E-state index is 11.1. The fourth-order valence-corrected chi connectivity index (χ4v) is 3.38. The highest BCUT2D eigenvalue weighted by Gasteiger charge is 2.07. The maximum Gasteiger partial charge on any atom is 0.224 e. The van der Waals surface area contributed by atoms with Gasteiger partial charge in [-0.05, 0) is 41.3 Å². The molecule has 0 saturated heterocycles. The molecule has 130 valence electrons. The molecule has 2 aromatic carbocycles. The molecule has 3 aromatic rings. The van der Waals surface area contributed by atoms with Crippen molar-refractivity contribution < 1.29 is 8.42 Å². The molecular formula is C17H17ClN4O2S. The van der Waals surface area contributed by atoms with Crippen LogP contribution in [-0.2, 0) is 22.2 Å². The average Bonchev–Trinajstić information content (AvgIpc) is 2.55. The molecule has 0 spiro atoms. The Morgan fingerprint density at radius 2 is 1.68 bits per heavy atom. The molecule has 0 aliphatic heterocycles. The Balaban J connectivity index is 1.65. The van der Waals surface area contributed by atoms with Gasteiger partial charge in [-0.3, -0.25) is 0 Å². The number of aromatic nitrogens is 2. The topological polar surface area (TPSA) is 98.0 Å². The SMILES string of the molecule is NS(=O)(=O)Cc1ccc(CCNc2nc(Cl)nc3ccccc23)cc1. The maximum atomic E-state index is 11.1. The minimum atomic E-state index is -3.51. The van der Waals surface area contributed by atoms with Crippen molar-refractivity contribution in [1.29, 1.82) is 0 Å². The Hall–Kier alpha value is -2.22. The van der Waals surface area contributed by atoms with Crippen molar-refractivity contribution in [2.75, 3.05) is 11.9 Å². The highest BCUT2D eigenvalue weighted by Crippen LogP contribution is 2.21. The van der Waals surface area contributed by atoms with Crippen molar-refractivity contribution in [3.63, 3.8) is 0 Å². The molecule has 0 amide bonds. The molecule has 0 aliphatic rings. The molecule has 3 N–H and O–H groups in total. The zero-order valence-electron chi connectivity index (χ0n) is 13.3. The normalized spacial score (nSPS) is 11.6. The molecule has 0 fully saturated rings. The van der Waals surface area contributed by atoms with Crippen LogP contribution in [0.5, 0.6) is 0 Å². The lowest BCUT2D eigenvalue weighted by Gasteiger charge is -2.09. The first-order valence-corrected chi connectivity index (χ1v) is 9.74. The number of nitrogens with zero attached hydrogens (tertiary/aromatic N) is 2. The first kappa shape index (κ1) is 17.6. The zero-order valence-corrected chi connectivity index (χ0v) is 14.9. The Morgan fingerprint density at radius 3 is 2.40 bits per heavy atom. The van der Waals surface area contributed by atoms with Gasteiger partial charge in [0.1, 0.15) is 5.82 Å². The van der Waals surface area contributed by atoms with Gasteiger partial charge in [-0.15, -0.1) is 0 Å².